The third-order valence-electron chi connectivity index (χ3n) is 8.20. The maximum atomic E-state index is 14.9. The molecule has 0 atom stereocenters. The summed E-state index contributed by atoms with van der Waals surface area (Å²) in [7, 11) is 1.51. The Bertz CT molecular complexity index is 2310. The van der Waals surface area contributed by atoms with Crippen LogP contribution in [0.5, 0.6) is 0 Å². The molecule has 0 aliphatic heterocycles. The van der Waals surface area contributed by atoms with Gasteiger partial charge in [0.2, 0.25) is 5.91 Å². The molecule has 0 saturated heterocycles. The van der Waals surface area contributed by atoms with E-state index in [9.17, 15) is 36.7 Å². The third kappa shape index (κ3) is 8.07. The standard InChI is InChI=1S/C36H36F4N8O4/c1-20-7-14-29(27(37)15-20)45-33(43-3)31-32(21(2)19-49)47(35(52)48(34(31)51)25-12-13-25)26-6-4-5-24(16-26)44-30(50)18-46(42)17-28(41)22-8-10-23(11-9-22)36(38,39)40/h4-11,14-17,19,25,43,45H,12-13,18,41-42H2,1-3H3,(H,44,50)/b28-17-,32-21+,33-31-. The van der Waals surface area contributed by atoms with Crippen molar-refractivity contribution in [3.05, 3.63) is 127 Å². The fourth-order valence-electron chi connectivity index (χ4n) is 5.52. The van der Waals surface area contributed by atoms with Gasteiger partial charge in [0.15, 0.2) is 0 Å². The number of carbonyl (C=O) groups excluding carboxylic acids is 2. The van der Waals surface area contributed by atoms with Gasteiger partial charge in [-0.25, -0.2) is 15.0 Å². The highest BCUT2D eigenvalue weighted by atomic mass is 19.4. The van der Waals surface area contributed by atoms with Gasteiger partial charge in [-0.1, -0.05) is 24.3 Å². The summed E-state index contributed by atoms with van der Waals surface area (Å²) in [5.74, 6) is 4.80. The highest BCUT2D eigenvalue weighted by Crippen LogP contribution is 2.32. The minimum Gasteiger partial charge on any atom is -0.397 e. The molecule has 16 heteroatoms. The summed E-state index contributed by atoms with van der Waals surface area (Å²) in [6.07, 6.45) is -1.68. The Morgan fingerprint density at radius 2 is 1.73 bits per heavy atom. The van der Waals surface area contributed by atoms with Crippen LogP contribution in [0.25, 0.3) is 22.8 Å². The van der Waals surface area contributed by atoms with Crippen molar-refractivity contribution in [2.75, 3.05) is 24.2 Å². The van der Waals surface area contributed by atoms with E-state index < -0.39 is 47.3 Å². The van der Waals surface area contributed by atoms with Crippen molar-refractivity contribution in [1.29, 1.82) is 0 Å². The van der Waals surface area contributed by atoms with Crippen LogP contribution in [-0.4, -0.2) is 39.9 Å². The van der Waals surface area contributed by atoms with Gasteiger partial charge in [-0.15, -0.1) is 0 Å². The number of hydrogen-bond donors (Lipinski definition) is 5. The number of nitrogens with zero attached hydrogens (tertiary/aromatic N) is 3. The topological polar surface area (TPSA) is 170 Å². The number of anilines is 2. The summed E-state index contributed by atoms with van der Waals surface area (Å²) in [5, 5.41) is 9.30. The van der Waals surface area contributed by atoms with Crippen molar-refractivity contribution >= 4 is 40.7 Å². The van der Waals surface area contributed by atoms with Crippen LogP contribution >= 0.6 is 0 Å². The zero-order chi connectivity index (χ0) is 37.9. The predicted molar refractivity (Wildman–Crippen MR) is 189 cm³/mol. The van der Waals surface area contributed by atoms with E-state index >= 15 is 0 Å². The first-order valence-electron chi connectivity index (χ1n) is 16.0. The lowest BCUT2D eigenvalue weighted by molar-refractivity contribution is -0.137. The molecule has 0 unspecified atom stereocenters. The van der Waals surface area contributed by atoms with Crippen molar-refractivity contribution in [3.63, 3.8) is 0 Å². The van der Waals surface area contributed by atoms with E-state index in [-0.39, 0.29) is 50.3 Å². The van der Waals surface area contributed by atoms with E-state index in [1.54, 1.807) is 31.2 Å². The first-order valence-corrected chi connectivity index (χ1v) is 16.0. The van der Waals surface area contributed by atoms with Gasteiger partial charge in [0, 0.05) is 30.5 Å². The number of nitrogens with two attached hydrogens (primary N) is 2. The Morgan fingerprint density at radius 3 is 2.33 bits per heavy atom. The van der Waals surface area contributed by atoms with Crippen molar-refractivity contribution in [2.45, 2.75) is 38.9 Å². The van der Waals surface area contributed by atoms with Gasteiger partial charge >= 0.3 is 11.9 Å². The molecule has 5 rings (SSSR count). The highest BCUT2D eigenvalue weighted by Gasteiger charge is 2.31. The van der Waals surface area contributed by atoms with Crippen LogP contribution in [0.2, 0.25) is 0 Å². The summed E-state index contributed by atoms with van der Waals surface area (Å²) in [6, 6.07) is 14.3. The minimum absolute atomic E-state index is 0.0127. The number of amides is 1. The number of halogens is 4. The predicted octanol–water partition coefficient (Wildman–Crippen LogP) is 2.64. The van der Waals surface area contributed by atoms with Crippen molar-refractivity contribution in [1.82, 2.24) is 19.5 Å². The molecule has 1 aliphatic carbocycles. The Kier molecular flexibility index (Phi) is 10.7. The average Bonchev–Trinajstić information content (AvgIpc) is 3.92. The number of rotatable bonds is 11. The van der Waals surface area contributed by atoms with E-state index in [1.807, 2.05) is 0 Å². The summed E-state index contributed by atoms with van der Waals surface area (Å²) < 4.78 is 56.0. The molecule has 272 valence electrons. The maximum Gasteiger partial charge on any atom is 0.416 e. The van der Waals surface area contributed by atoms with Crippen LogP contribution in [0, 0.1) is 12.7 Å². The molecule has 12 nitrogen and oxygen atoms in total. The largest absolute Gasteiger partial charge is 0.416 e. The summed E-state index contributed by atoms with van der Waals surface area (Å²) in [5.41, 5.74) is 5.19. The lowest BCUT2D eigenvalue weighted by Crippen LogP contribution is -2.60. The normalized spacial score (nSPS) is 14.3. The molecule has 1 fully saturated rings. The molecule has 1 aromatic heterocycles. The lowest BCUT2D eigenvalue weighted by Gasteiger charge is -2.18. The van der Waals surface area contributed by atoms with E-state index in [1.165, 1.54) is 55.1 Å². The molecule has 7 N–H and O–H groups in total. The van der Waals surface area contributed by atoms with Crippen LogP contribution < -0.4 is 49.3 Å². The first kappa shape index (κ1) is 37.1. The van der Waals surface area contributed by atoms with Crippen LogP contribution in [0.15, 0.2) is 82.5 Å². The molecular formula is C36H36F4N8O4. The number of hydrazine groups is 1. The molecule has 0 bridgehead atoms. The fraction of sp³-hybridized carbons (Fsp3) is 0.222. The Hall–Kier alpha value is -6.16. The molecule has 0 radical (unpaired) electrons. The van der Waals surface area contributed by atoms with Gasteiger partial charge in [-0.05, 0) is 80.3 Å². The summed E-state index contributed by atoms with van der Waals surface area (Å²) in [6.45, 7) is 2.74. The molecule has 3 aromatic carbocycles. The quantitative estimate of drug-likeness (QED) is 0.0677. The Balaban J connectivity index is 1.53. The van der Waals surface area contributed by atoms with Crippen LogP contribution in [0.4, 0.5) is 28.9 Å². The number of hydrogen-bond acceptors (Lipinski definition) is 9. The number of aromatic nitrogens is 2. The number of aldehydes is 1. The number of carbonyl (C=O) groups is 2. The molecule has 1 amide bonds. The summed E-state index contributed by atoms with van der Waals surface area (Å²) in [4.78, 5) is 53.4. The minimum atomic E-state index is -4.51. The van der Waals surface area contributed by atoms with Crippen molar-refractivity contribution < 1.29 is 27.2 Å². The lowest BCUT2D eigenvalue weighted by atomic mass is 10.1. The van der Waals surface area contributed by atoms with E-state index in [0.29, 0.717) is 24.7 Å². The van der Waals surface area contributed by atoms with Crippen LogP contribution in [-0.2, 0) is 15.8 Å². The number of aryl methyl sites for hydroxylation is 1. The van der Waals surface area contributed by atoms with Crippen molar-refractivity contribution in [3.8, 4) is 5.69 Å². The van der Waals surface area contributed by atoms with Gasteiger partial charge in [0.1, 0.15) is 29.7 Å². The van der Waals surface area contributed by atoms with Gasteiger partial charge in [-0.3, -0.25) is 23.5 Å². The van der Waals surface area contributed by atoms with Gasteiger partial charge in [0.05, 0.1) is 28.0 Å². The molecule has 1 aliphatic rings. The fourth-order valence-corrected chi connectivity index (χ4v) is 5.52. The molecular weight excluding hydrogens is 684 g/mol. The average molecular weight is 721 g/mol. The SMILES string of the molecule is CN/C(Nc1ccc(C)cc1F)=c1/c(=O)n(C2CC2)c(=O)n(-c2cccc(NC(=O)CN(N)/C=C(\N)c3ccc(C(F)(F)F)cc3)c2)/c1=C(\C)C=O. The zero-order valence-electron chi connectivity index (χ0n) is 28.3. The Morgan fingerprint density at radius 1 is 1.04 bits per heavy atom. The van der Waals surface area contributed by atoms with Crippen LogP contribution in [0.3, 0.4) is 0 Å². The van der Waals surface area contributed by atoms with E-state index in [4.69, 9.17) is 11.6 Å². The molecule has 4 aromatic rings. The third-order valence-corrected chi connectivity index (χ3v) is 8.20. The summed E-state index contributed by atoms with van der Waals surface area (Å²) >= 11 is 0. The van der Waals surface area contributed by atoms with Crippen LogP contribution in [0.1, 0.15) is 42.5 Å². The van der Waals surface area contributed by atoms with E-state index in [0.717, 1.165) is 21.7 Å². The highest BCUT2D eigenvalue weighted by molar-refractivity contribution is 5.97. The van der Waals surface area contributed by atoms with Gasteiger partial charge in [-0.2, -0.15) is 13.2 Å². The second kappa shape index (κ2) is 15.0. The monoisotopic (exact) mass is 720 g/mol. The second-order valence-corrected chi connectivity index (χ2v) is 12.2. The van der Waals surface area contributed by atoms with E-state index in [2.05, 4.69) is 16.0 Å². The second-order valence-electron chi connectivity index (χ2n) is 12.2. The Labute approximate surface area is 294 Å². The molecule has 1 saturated carbocycles. The van der Waals surface area contributed by atoms with Gasteiger partial charge in [0.25, 0.3) is 5.56 Å². The molecule has 0 spiro atoms. The number of benzene rings is 3. The zero-order valence-corrected chi connectivity index (χ0v) is 28.3. The molecule has 1 heterocycles. The van der Waals surface area contributed by atoms with Gasteiger partial charge < -0.3 is 26.7 Å². The molecule has 52 heavy (non-hydrogen) atoms. The first-order chi connectivity index (χ1) is 24.6. The number of nitrogens with one attached hydrogen (secondary N) is 3. The maximum absolute atomic E-state index is 14.9. The van der Waals surface area contributed by atoms with Crippen molar-refractivity contribution in [2.24, 2.45) is 11.6 Å². The number of alkyl halides is 3. The smallest absolute Gasteiger partial charge is 0.397 e.